The molecule has 1 heterocycles. The molecule has 0 spiro atoms. The quantitative estimate of drug-likeness (QED) is 0.434. The lowest BCUT2D eigenvalue weighted by atomic mass is 10.2. The molecule has 4 aromatic rings. The van der Waals surface area contributed by atoms with Crippen LogP contribution >= 0.6 is 11.3 Å². The van der Waals surface area contributed by atoms with Gasteiger partial charge in [0.05, 0.1) is 15.1 Å². The van der Waals surface area contributed by atoms with Crippen LogP contribution in [0, 0.1) is 0 Å². The number of amides is 1. The number of fused-ring (bicyclic) bond motifs is 1. The standard InChI is InChI=1S/C23H19N3O4S2/c1-2-13-26-20-12-11-19(32(24,28)29)15-21(20)31-23(26)25-22(27)16-7-6-10-18(14-16)30-17-8-4-3-5-9-17/h2-12,14-15H,1,13H2,(H2,24,28,29). The van der Waals surface area contributed by atoms with E-state index in [4.69, 9.17) is 9.88 Å². The SMILES string of the molecule is C=CCn1c(=NC(=O)c2cccc(Oc3ccccc3)c2)sc2cc(S(N)(=O)=O)ccc21. The van der Waals surface area contributed by atoms with Crippen LogP contribution in [0.4, 0.5) is 0 Å². The Labute approximate surface area is 188 Å². The molecule has 0 bridgehead atoms. The molecule has 0 aliphatic carbocycles. The third kappa shape index (κ3) is 4.70. The maximum Gasteiger partial charge on any atom is 0.279 e. The van der Waals surface area contributed by atoms with E-state index in [0.29, 0.717) is 33.1 Å². The Hall–Kier alpha value is -3.53. The molecule has 1 aromatic heterocycles. The van der Waals surface area contributed by atoms with Crippen LogP contribution in [0.5, 0.6) is 11.5 Å². The maximum atomic E-state index is 12.9. The van der Waals surface area contributed by atoms with Gasteiger partial charge in [0.2, 0.25) is 10.0 Å². The third-order valence-electron chi connectivity index (χ3n) is 4.55. The number of ether oxygens (including phenoxy) is 1. The van der Waals surface area contributed by atoms with Gasteiger partial charge < -0.3 is 9.30 Å². The topological polar surface area (TPSA) is 104 Å². The van der Waals surface area contributed by atoms with Gasteiger partial charge in [-0.25, -0.2) is 13.6 Å². The first-order chi connectivity index (χ1) is 15.3. The van der Waals surface area contributed by atoms with Gasteiger partial charge in [0.25, 0.3) is 5.91 Å². The summed E-state index contributed by atoms with van der Waals surface area (Å²) in [5.41, 5.74) is 1.10. The minimum atomic E-state index is -3.84. The molecular weight excluding hydrogens is 446 g/mol. The molecule has 2 N–H and O–H groups in total. The number of hydrogen-bond donors (Lipinski definition) is 1. The van der Waals surface area contributed by atoms with Crippen LogP contribution in [0.2, 0.25) is 0 Å². The summed E-state index contributed by atoms with van der Waals surface area (Å²) in [4.78, 5) is 17.6. The number of rotatable bonds is 6. The van der Waals surface area contributed by atoms with Crippen molar-refractivity contribution in [3.63, 3.8) is 0 Å². The molecule has 4 rings (SSSR count). The molecule has 0 saturated heterocycles. The van der Waals surface area contributed by atoms with Crippen molar-refractivity contribution in [1.82, 2.24) is 4.57 Å². The fourth-order valence-electron chi connectivity index (χ4n) is 3.09. The zero-order valence-corrected chi connectivity index (χ0v) is 18.5. The molecule has 0 aliphatic rings. The van der Waals surface area contributed by atoms with Gasteiger partial charge >= 0.3 is 0 Å². The van der Waals surface area contributed by atoms with Crippen LogP contribution in [0.1, 0.15) is 10.4 Å². The normalized spacial score (nSPS) is 12.1. The second kappa shape index (κ2) is 8.91. The van der Waals surface area contributed by atoms with Gasteiger partial charge in [-0.3, -0.25) is 4.79 Å². The molecule has 1 amide bonds. The first-order valence-electron chi connectivity index (χ1n) is 9.54. The summed E-state index contributed by atoms with van der Waals surface area (Å²) in [5, 5.41) is 5.24. The zero-order valence-electron chi connectivity index (χ0n) is 16.8. The second-order valence-corrected chi connectivity index (χ2v) is 9.39. The fourth-order valence-corrected chi connectivity index (χ4v) is 4.78. The van der Waals surface area contributed by atoms with Crippen LogP contribution in [0.25, 0.3) is 10.2 Å². The molecule has 9 heteroatoms. The van der Waals surface area contributed by atoms with E-state index < -0.39 is 15.9 Å². The number of aromatic nitrogens is 1. The predicted octanol–water partition coefficient (Wildman–Crippen LogP) is 4.07. The van der Waals surface area contributed by atoms with Gasteiger partial charge in [-0.2, -0.15) is 4.99 Å². The molecule has 0 fully saturated rings. The minimum Gasteiger partial charge on any atom is -0.457 e. The molecule has 7 nitrogen and oxygen atoms in total. The average molecular weight is 466 g/mol. The summed E-state index contributed by atoms with van der Waals surface area (Å²) in [5.74, 6) is 0.734. The zero-order chi connectivity index (χ0) is 22.7. The average Bonchev–Trinajstić information content (AvgIpc) is 3.10. The van der Waals surface area contributed by atoms with Crippen LogP contribution in [0.3, 0.4) is 0 Å². The molecule has 0 unspecified atom stereocenters. The molecular formula is C23H19N3O4S2. The van der Waals surface area contributed by atoms with E-state index in [1.807, 2.05) is 30.3 Å². The Balaban J connectivity index is 1.73. The van der Waals surface area contributed by atoms with Crippen molar-refractivity contribution in [2.24, 2.45) is 10.1 Å². The monoisotopic (exact) mass is 465 g/mol. The van der Waals surface area contributed by atoms with Crippen LogP contribution in [0.15, 0.2) is 95.3 Å². The van der Waals surface area contributed by atoms with E-state index >= 15 is 0 Å². The Kier molecular flexibility index (Phi) is 6.04. The number of primary sulfonamides is 1. The van der Waals surface area contributed by atoms with E-state index in [1.54, 1.807) is 41.0 Å². The summed E-state index contributed by atoms with van der Waals surface area (Å²) in [6.07, 6.45) is 1.68. The number of hydrogen-bond acceptors (Lipinski definition) is 5. The van der Waals surface area contributed by atoms with Crippen molar-refractivity contribution < 1.29 is 17.9 Å². The number of sulfonamides is 1. The lowest BCUT2D eigenvalue weighted by Crippen LogP contribution is -2.16. The van der Waals surface area contributed by atoms with Gasteiger partial charge in [-0.1, -0.05) is 41.7 Å². The van der Waals surface area contributed by atoms with Crippen molar-refractivity contribution in [3.8, 4) is 11.5 Å². The van der Waals surface area contributed by atoms with Crippen molar-refractivity contribution in [2.45, 2.75) is 11.4 Å². The van der Waals surface area contributed by atoms with Gasteiger partial charge in [0.1, 0.15) is 11.5 Å². The second-order valence-electron chi connectivity index (χ2n) is 6.82. The first-order valence-corrected chi connectivity index (χ1v) is 11.9. The summed E-state index contributed by atoms with van der Waals surface area (Å²) in [6.45, 7) is 4.15. The number of para-hydroxylation sites is 1. The van der Waals surface area contributed by atoms with Crippen molar-refractivity contribution in [3.05, 3.63) is 95.8 Å². The fraction of sp³-hybridized carbons (Fsp3) is 0.0435. The van der Waals surface area contributed by atoms with Crippen molar-refractivity contribution in [2.75, 3.05) is 0 Å². The van der Waals surface area contributed by atoms with E-state index in [1.165, 1.54) is 23.5 Å². The largest absolute Gasteiger partial charge is 0.457 e. The predicted molar refractivity (Wildman–Crippen MR) is 124 cm³/mol. The van der Waals surface area contributed by atoms with Gasteiger partial charge in [-0.05, 0) is 48.5 Å². The van der Waals surface area contributed by atoms with E-state index in [2.05, 4.69) is 11.6 Å². The number of nitrogens with zero attached hydrogens (tertiary/aromatic N) is 2. The third-order valence-corrected chi connectivity index (χ3v) is 6.50. The van der Waals surface area contributed by atoms with Crippen molar-refractivity contribution >= 4 is 37.5 Å². The highest BCUT2D eigenvalue weighted by atomic mass is 32.2. The van der Waals surface area contributed by atoms with E-state index in [-0.39, 0.29) is 4.90 Å². The maximum absolute atomic E-state index is 12.9. The van der Waals surface area contributed by atoms with E-state index in [9.17, 15) is 13.2 Å². The Bertz CT molecular complexity index is 1490. The Morgan fingerprint density at radius 3 is 2.53 bits per heavy atom. The first kappa shape index (κ1) is 21.7. The molecule has 32 heavy (non-hydrogen) atoms. The van der Waals surface area contributed by atoms with Crippen LogP contribution in [-0.2, 0) is 16.6 Å². The van der Waals surface area contributed by atoms with E-state index in [0.717, 1.165) is 5.52 Å². The highest BCUT2D eigenvalue weighted by Gasteiger charge is 2.13. The van der Waals surface area contributed by atoms with Gasteiger partial charge in [0, 0.05) is 12.1 Å². The number of carbonyl (C=O) groups excluding carboxylic acids is 1. The van der Waals surface area contributed by atoms with Crippen LogP contribution < -0.4 is 14.7 Å². The summed E-state index contributed by atoms with van der Waals surface area (Å²) in [6, 6.07) is 20.6. The number of nitrogens with two attached hydrogens (primary N) is 1. The number of allylic oxidation sites excluding steroid dienone is 1. The summed E-state index contributed by atoms with van der Waals surface area (Å²) < 4.78 is 31.6. The van der Waals surface area contributed by atoms with Crippen molar-refractivity contribution in [1.29, 1.82) is 0 Å². The molecule has 0 aliphatic heterocycles. The Morgan fingerprint density at radius 2 is 1.81 bits per heavy atom. The number of carbonyl (C=O) groups is 1. The smallest absolute Gasteiger partial charge is 0.279 e. The molecule has 162 valence electrons. The highest BCUT2D eigenvalue weighted by molar-refractivity contribution is 7.89. The lowest BCUT2D eigenvalue weighted by molar-refractivity contribution is 0.0997. The molecule has 0 saturated carbocycles. The van der Waals surface area contributed by atoms with Gasteiger partial charge in [0.15, 0.2) is 4.80 Å². The molecule has 0 radical (unpaired) electrons. The lowest BCUT2D eigenvalue weighted by Gasteiger charge is -2.06. The highest BCUT2D eigenvalue weighted by Crippen LogP contribution is 2.23. The summed E-state index contributed by atoms with van der Waals surface area (Å²) >= 11 is 1.20. The van der Waals surface area contributed by atoms with Crippen LogP contribution in [-0.4, -0.2) is 18.9 Å². The summed E-state index contributed by atoms with van der Waals surface area (Å²) in [7, 11) is -3.84. The minimum absolute atomic E-state index is 0.000594. The number of benzene rings is 3. The molecule has 3 aromatic carbocycles. The number of thiazole rings is 1. The van der Waals surface area contributed by atoms with Gasteiger partial charge in [-0.15, -0.1) is 6.58 Å². The Morgan fingerprint density at radius 1 is 1.06 bits per heavy atom. The molecule has 0 atom stereocenters.